The monoisotopic (exact) mass is 228 g/mol. The van der Waals surface area contributed by atoms with Crippen molar-refractivity contribution in [3.8, 4) is 5.69 Å². The van der Waals surface area contributed by atoms with Gasteiger partial charge in [-0.15, -0.1) is 5.10 Å². The van der Waals surface area contributed by atoms with Crippen LogP contribution in [0.1, 0.15) is 5.69 Å². The molecule has 1 heterocycles. The molecule has 0 aliphatic carbocycles. The smallest absolute Gasteiger partial charge is 0.194 e. The number of aromatic nitrogens is 3. The highest BCUT2D eigenvalue weighted by Gasteiger charge is 2.13. The highest BCUT2D eigenvalue weighted by molar-refractivity contribution is 5.33. The van der Waals surface area contributed by atoms with E-state index in [-0.39, 0.29) is 12.2 Å². The van der Waals surface area contributed by atoms with Crippen LogP contribution in [0, 0.1) is 17.5 Å². The van der Waals surface area contributed by atoms with Crippen molar-refractivity contribution >= 4 is 0 Å². The van der Waals surface area contributed by atoms with Crippen LogP contribution in [0.25, 0.3) is 5.69 Å². The van der Waals surface area contributed by atoms with Gasteiger partial charge in [0, 0.05) is 18.7 Å². The molecule has 16 heavy (non-hydrogen) atoms. The van der Waals surface area contributed by atoms with Crippen molar-refractivity contribution in [1.82, 2.24) is 15.0 Å². The minimum atomic E-state index is -1.52. The molecule has 4 nitrogen and oxygen atoms in total. The fourth-order valence-corrected chi connectivity index (χ4v) is 1.28. The maximum atomic E-state index is 13.0. The number of rotatable bonds is 2. The molecule has 0 atom stereocenters. The summed E-state index contributed by atoms with van der Waals surface area (Å²) in [4.78, 5) is 0. The molecule has 0 spiro atoms. The van der Waals surface area contributed by atoms with Gasteiger partial charge in [-0.05, 0) is 0 Å². The van der Waals surface area contributed by atoms with E-state index in [1.165, 1.54) is 6.20 Å². The Morgan fingerprint density at radius 3 is 2.38 bits per heavy atom. The van der Waals surface area contributed by atoms with Crippen molar-refractivity contribution in [2.24, 2.45) is 5.73 Å². The number of halogens is 3. The van der Waals surface area contributed by atoms with E-state index in [2.05, 4.69) is 10.3 Å². The van der Waals surface area contributed by atoms with Crippen molar-refractivity contribution in [3.05, 3.63) is 41.5 Å². The summed E-state index contributed by atoms with van der Waals surface area (Å²) in [6.45, 7) is 0.105. The molecule has 0 aliphatic heterocycles. The second-order valence-corrected chi connectivity index (χ2v) is 3.06. The molecule has 2 aromatic rings. The first-order chi connectivity index (χ1) is 7.63. The molecule has 1 aromatic heterocycles. The summed E-state index contributed by atoms with van der Waals surface area (Å²) in [6, 6.07) is 1.65. The molecular formula is C9H7F3N4. The zero-order valence-corrected chi connectivity index (χ0v) is 7.99. The Balaban J connectivity index is 2.57. The summed E-state index contributed by atoms with van der Waals surface area (Å²) in [7, 11) is 0. The molecule has 0 aliphatic rings. The van der Waals surface area contributed by atoms with Gasteiger partial charge < -0.3 is 5.73 Å². The zero-order valence-electron chi connectivity index (χ0n) is 7.99. The zero-order chi connectivity index (χ0) is 11.7. The number of hydrogen-bond acceptors (Lipinski definition) is 3. The fourth-order valence-electron chi connectivity index (χ4n) is 1.28. The third-order valence-corrected chi connectivity index (χ3v) is 2.04. The Morgan fingerprint density at radius 2 is 1.81 bits per heavy atom. The standard InChI is InChI=1S/C9H7F3N4/c10-7-1-5(2-8(11)9(7)12)16-6(3-13)4-14-15-16/h1-2,4H,3,13H2. The number of nitrogens with two attached hydrogens (primary N) is 1. The fraction of sp³-hybridized carbons (Fsp3) is 0.111. The van der Waals surface area contributed by atoms with Crippen molar-refractivity contribution < 1.29 is 13.2 Å². The molecule has 0 saturated carbocycles. The lowest BCUT2D eigenvalue weighted by Crippen LogP contribution is -2.08. The number of benzene rings is 1. The maximum absolute atomic E-state index is 13.0. The van der Waals surface area contributed by atoms with Gasteiger partial charge in [0.05, 0.1) is 17.6 Å². The molecule has 1 aromatic carbocycles. The van der Waals surface area contributed by atoms with Crippen molar-refractivity contribution in [1.29, 1.82) is 0 Å². The Bertz CT molecular complexity index is 500. The minimum absolute atomic E-state index is 0.0364. The molecule has 0 radical (unpaired) electrons. The van der Waals surface area contributed by atoms with E-state index in [1.54, 1.807) is 0 Å². The summed E-state index contributed by atoms with van der Waals surface area (Å²) >= 11 is 0. The molecular weight excluding hydrogens is 221 g/mol. The highest BCUT2D eigenvalue weighted by Crippen LogP contribution is 2.17. The quantitative estimate of drug-likeness (QED) is 0.784. The van der Waals surface area contributed by atoms with E-state index in [1.807, 2.05) is 0 Å². The van der Waals surface area contributed by atoms with Gasteiger partial charge in [-0.1, -0.05) is 5.21 Å². The summed E-state index contributed by atoms with van der Waals surface area (Å²) in [6.07, 6.45) is 1.36. The number of nitrogens with zero attached hydrogens (tertiary/aromatic N) is 3. The third kappa shape index (κ3) is 1.65. The molecule has 0 amide bonds. The van der Waals surface area contributed by atoms with E-state index in [0.29, 0.717) is 5.69 Å². The summed E-state index contributed by atoms with van der Waals surface area (Å²) < 4.78 is 39.8. The Kier molecular flexibility index (Phi) is 2.61. The van der Waals surface area contributed by atoms with E-state index in [0.717, 1.165) is 16.8 Å². The largest absolute Gasteiger partial charge is 0.325 e. The minimum Gasteiger partial charge on any atom is -0.325 e. The molecule has 2 N–H and O–H groups in total. The molecule has 0 fully saturated rings. The molecule has 2 rings (SSSR count). The van der Waals surface area contributed by atoms with E-state index in [9.17, 15) is 13.2 Å². The van der Waals surface area contributed by atoms with Crippen LogP contribution < -0.4 is 5.73 Å². The normalized spacial score (nSPS) is 10.8. The molecule has 7 heteroatoms. The van der Waals surface area contributed by atoms with Crippen LogP contribution in [0.4, 0.5) is 13.2 Å². The lowest BCUT2D eigenvalue weighted by Gasteiger charge is -2.05. The maximum Gasteiger partial charge on any atom is 0.194 e. The Labute approximate surface area is 88.5 Å². The van der Waals surface area contributed by atoms with Gasteiger partial charge in [0.15, 0.2) is 17.5 Å². The third-order valence-electron chi connectivity index (χ3n) is 2.04. The van der Waals surface area contributed by atoms with Crippen LogP contribution in [0.5, 0.6) is 0 Å². The van der Waals surface area contributed by atoms with Crippen molar-refractivity contribution in [2.75, 3.05) is 0 Å². The molecule has 84 valence electrons. The van der Waals surface area contributed by atoms with E-state index >= 15 is 0 Å². The van der Waals surface area contributed by atoms with Crippen molar-refractivity contribution in [3.63, 3.8) is 0 Å². The molecule has 0 saturated heterocycles. The molecule has 0 bridgehead atoms. The predicted molar refractivity (Wildman–Crippen MR) is 49.1 cm³/mol. The van der Waals surface area contributed by atoms with Crippen molar-refractivity contribution in [2.45, 2.75) is 6.54 Å². The van der Waals surface area contributed by atoms with E-state index in [4.69, 9.17) is 5.73 Å². The summed E-state index contributed by atoms with van der Waals surface area (Å²) in [5.41, 5.74) is 5.88. The van der Waals surface area contributed by atoms with Gasteiger partial charge in [0.2, 0.25) is 0 Å². The van der Waals surface area contributed by atoms with Crippen LogP contribution >= 0.6 is 0 Å². The van der Waals surface area contributed by atoms with Crippen LogP contribution in [0.2, 0.25) is 0 Å². The SMILES string of the molecule is NCc1cnnn1-c1cc(F)c(F)c(F)c1. The Morgan fingerprint density at radius 1 is 1.19 bits per heavy atom. The average Bonchev–Trinajstić information content (AvgIpc) is 2.73. The summed E-state index contributed by atoms with van der Waals surface area (Å²) in [5, 5.41) is 7.15. The Hall–Kier alpha value is -1.89. The topological polar surface area (TPSA) is 56.7 Å². The number of hydrogen-bond donors (Lipinski definition) is 1. The second kappa shape index (κ2) is 3.93. The van der Waals surface area contributed by atoms with E-state index < -0.39 is 17.5 Å². The lowest BCUT2D eigenvalue weighted by atomic mass is 10.3. The first-order valence-electron chi connectivity index (χ1n) is 4.38. The first kappa shape index (κ1) is 10.6. The average molecular weight is 228 g/mol. The predicted octanol–water partition coefficient (Wildman–Crippen LogP) is 1.14. The van der Waals surface area contributed by atoms with Gasteiger partial charge in [0.1, 0.15) is 0 Å². The van der Waals surface area contributed by atoms with Crippen LogP contribution in [0.15, 0.2) is 18.3 Å². The lowest BCUT2D eigenvalue weighted by molar-refractivity contribution is 0.445. The van der Waals surface area contributed by atoms with Gasteiger partial charge in [0.25, 0.3) is 0 Å². The van der Waals surface area contributed by atoms with Gasteiger partial charge in [-0.2, -0.15) is 0 Å². The van der Waals surface area contributed by atoms with Crippen LogP contribution in [-0.4, -0.2) is 15.0 Å². The van der Waals surface area contributed by atoms with Crippen LogP contribution in [-0.2, 0) is 6.54 Å². The summed E-state index contributed by atoms with van der Waals surface area (Å²) in [5.74, 6) is -4.08. The second-order valence-electron chi connectivity index (χ2n) is 3.06. The molecule has 0 unspecified atom stereocenters. The highest BCUT2D eigenvalue weighted by atomic mass is 19.2. The van der Waals surface area contributed by atoms with Crippen LogP contribution in [0.3, 0.4) is 0 Å². The van der Waals surface area contributed by atoms with Gasteiger partial charge >= 0.3 is 0 Å². The van der Waals surface area contributed by atoms with Gasteiger partial charge in [-0.25, -0.2) is 17.9 Å². The first-order valence-corrected chi connectivity index (χ1v) is 4.38. The van der Waals surface area contributed by atoms with Gasteiger partial charge in [-0.3, -0.25) is 0 Å².